The Kier molecular flexibility index (Phi) is 12.5. The third-order valence-corrected chi connectivity index (χ3v) is 12.7. The number of phenols is 1. The summed E-state index contributed by atoms with van der Waals surface area (Å²) in [4.78, 5) is 70.3. The summed E-state index contributed by atoms with van der Waals surface area (Å²) >= 11 is 0. The minimum atomic E-state index is -4.84. The number of aromatic nitrogens is 3. The Balaban J connectivity index is 0.902. The molecular formula is C44H51F4N11O5. The number of anilines is 3. The van der Waals surface area contributed by atoms with Crippen LogP contribution in [0.25, 0.3) is 22.2 Å². The highest BCUT2D eigenvalue weighted by Crippen LogP contribution is 2.41. The van der Waals surface area contributed by atoms with E-state index in [0.29, 0.717) is 80.9 Å². The average Bonchev–Trinajstić information content (AvgIpc) is 3.58. The highest BCUT2D eigenvalue weighted by molar-refractivity contribution is 6.00. The number of benzene rings is 2. The molecule has 5 N–H and O–H groups in total. The van der Waals surface area contributed by atoms with Crippen molar-refractivity contribution in [3.63, 3.8) is 0 Å². The maximum atomic E-state index is 16.6. The number of aromatic hydroxyl groups is 1. The van der Waals surface area contributed by atoms with Gasteiger partial charge in [0.25, 0.3) is 0 Å². The normalized spacial score (nSPS) is 20.7. The van der Waals surface area contributed by atoms with E-state index in [1.807, 2.05) is 22.8 Å². The third-order valence-electron chi connectivity index (χ3n) is 12.7. The van der Waals surface area contributed by atoms with Crippen LogP contribution in [0, 0.1) is 5.82 Å². The predicted octanol–water partition coefficient (Wildman–Crippen LogP) is 3.67. The molecule has 6 heterocycles. The van der Waals surface area contributed by atoms with Crippen molar-refractivity contribution in [2.45, 2.75) is 75.4 Å². The number of phenolic OH excluding ortho intramolecular Hbond substituents is 1. The number of piperidine rings is 1. The number of rotatable bonds is 15. The van der Waals surface area contributed by atoms with Crippen molar-refractivity contribution in [3.8, 4) is 17.0 Å². The molecule has 0 spiro atoms. The molecule has 8 rings (SSSR count). The highest BCUT2D eigenvalue weighted by atomic mass is 19.4. The number of fused-ring (bicyclic) bond motifs is 3. The third kappa shape index (κ3) is 9.30. The Labute approximate surface area is 366 Å². The first-order valence-electron chi connectivity index (χ1n) is 21.4. The monoisotopic (exact) mass is 889 g/mol. The Morgan fingerprint density at radius 3 is 2.50 bits per heavy atom. The topological polar surface area (TPSA) is 188 Å². The fraction of sp³-hybridized carbons (Fsp3) is 0.477. The van der Waals surface area contributed by atoms with Crippen LogP contribution < -0.4 is 31.1 Å². The van der Waals surface area contributed by atoms with Crippen LogP contribution in [-0.4, -0.2) is 137 Å². The Morgan fingerprint density at radius 1 is 1.05 bits per heavy atom. The zero-order valence-corrected chi connectivity index (χ0v) is 35.8. The molecule has 2 aromatic carbocycles. The molecule has 3 atom stereocenters. The van der Waals surface area contributed by atoms with E-state index in [0.717, 1.165) is 31.3 Å². The smallest absolute Gasteiger partial charge is 0.417 e. The first-order chi connectivity index (χ1) is 30.5. The van der Waals surface area contributed by atoms with E-state index in [1.54, 1.807) is 31.1 Å². The van der Waals surface area contributed by atoms with Crippen molar-refractivity contribution in [3.05, 3.63) is 65.1 Å². The van der Waals surface area contributed by atoms with E-state index in [-0.39, 0.29) is 66.0 Å². The molecule has 16 nitrogen and oxygen atoms in total. The lowest BCUT2D eigenvalue weighted by Gasteiger charge is -2.49. The zero-order chi connectivity index (χ0) is 45.5. The van der Waals surface area contributed by atoms with Gasteiger partial charge in [-0.25, -0.2) is 9.37 Å². The first kappa shape index (κ1) is 44.6. The summed E-state index contributed by atoms with van der Waals surface area (Å²) in [7, 11) is 3.48. The van der Waals surface area contributed by atoms with Gasteiger partial charge in [0.15, 0.2) is 5.82 Å². The molecule has 3 amide bonds. The molecule has 0 saturated carbocycles. The van der Waals surface area contributed by atoms with E-state index in [9.17, 15) is 37.5 Å². The van der Waals surface area contributed by atoms with Gasteiger partial charge in [0, 0.05) is 107 Å². The van der Waals surface area contributed by atoms with E-state index in [4.69, 9.17) is 4.98 Å². The number of nitrogens with one attached hydrogen (secondary N) is 4. The number of hydrogen-bond acceptors (Lipinski definition) is 14. The lowest BCUT2D eigenvalue weighted by molar-refractivity contribution is -0.138. The van der Waals surface area contributed by atoms with E-state index < -0.39 is 46.1 Å². The van der Waals surface area contributed by atoms with Gasteiger partial charge in [-0.2, -0.15) is 18.2 Å². The van der Waals surface area contributed by atoms with Crippen molar-refractivity contribution in [2.24, 2.45) is 0 Å². The molecule has 340 valence electrons. The van der Waals surface area contributed by atoms with Gasteiger partial charge in [0.05, 0.1) is 22.5 Å². The van der Waals surface area contributed by atoms with Crippen LogP contribution in [0.5, 0.6) is 5.75 Å². The van der Waals surface area contributed by atoms with Crippen LogP contribution >= 0.6 is 0 Å². The van der Waals surface area contributed by atoms with Crippen molar-refractivity contribution in [1.82, 2.24) is 40.7 Å². The zero-order valence-electron chi connectivity index (χ0n) is 35.8. The van der Waals surface area contributed by atoms with Crippen molar-refractivity contribution in [1.29, 1.82) is 0 Å². The van der Waals surface area contributed by atoms with Crippen molar-refractivity contribution in [2.75, 3.05) is 75.0 Å². The van der Waals surface area contributed by atoms with Crippen LogP contribution in [0.15, 0.2) is 42.6 Å². The van der Waals surface area contributed by atoms with Gasteiger partial charge in [-0.1, -0.05) is 12.1 Å². The Hall–Kier alpha value is -5.99. The molecule has 4 fully saturated rings. The lowest BCUT2D eigenvalue weighted by atomic mass is 9.92. The molecule has 4 aliphatic heterocycles. The first-order valence-corrected chi connectivity index (χ1v) is 21.4. The highest BCUT2D eigenvalue weighted by Gasteiger charge is 2.42. The molecule has 4 aliphatic rings. The van der Waals surface area contributed by atoms with E-state index >= 15 is 4.39 Å². The number of alkyl halides is 3. The van der Waals surface area contributed by atoms with Crippen LogP contribution in [-0.2, 0) is 27.1 Å². The number of aldehydes is 1. The number of carbonyl (C=O) groups excluding carboxylic acids is 4. The number of hydrogen-bond donors (Lipinski definition) is 5. The van der Waals surface area contributed by atoms with Gasteiger partial charge in [0.2, 0.25) is 23.7 Å². The summed E-state index contributed by atoms with van der Waals surface area (Å²) in [6.45, 7) is 5.41. The second kappa shape index (κ2) is 17.9. The number of imide groups is 1. The molecule has 0 radical (unpaired) electrons. The maximum Gasteiger partial charge on any atom is 0.417 e. The minimum absolute atomic E-state index is 0.0960. The summed E-state index contributed by atoms with van der Waals surface area (Å²) in [5.41, 5.74) is -1.10. The van der Waals surface area contributed by atoms with Crippen LogP contribution in [0.2, 0.25) is 0 Å². The molecule has 2 aromatic heterocycles. The summed E-state index contributed by atoms with van der Waals surface area (Å²) in [5, 5.41) is 23.1. The van der Waals surface area contributed by atoms with Crippen LogP contribution in [0.1, 0.15) is 60.5 Å². The Morgan fingerprint density at radius 2 is 1.80 bits per heavy atom. The van der Waals surface area contributed by atoms with Crippen LogP contribution in [0.3, 0.4) is 0 Å². The lowest BCUT2D eigenvalue weighted by Crippen LogP contribution is -2.68. The second-order valence-electron chi connectivity index (χ2n) is 17.5. The number of nitrogens with zero attached hydrogens (tertiary/aromatic N) is 7. The van der Waals surface area contributed by atoms with E-state index in [2.05, 4.69) is 36.1 Å². The quantitative estimate of drug-likeness (QED) is 0.0661. The number of piperazine rings is 1. The maximum absolute atomic E-state index is 16.6. The van der Waals surface area contributed by atoms with Gasteiger partial charge in [-0.05, 0) is 63.1 Å². The second-order valence-corrected chi connectivity index (χ2v) is 17.5. The number of halogens is 4. The molecule has 20 heteroatoms. The number of amides is 3. The average molecular weight is 890 g/mol. The molecule has 4 aromatic rings. The molecule has 4 saturated heterocycles. The molecule has 3 unspecified atom stereocenters. The molecule has 0 aliphatic carbocycles. The minimum Gasteiger partial charge on any atom is -0.508 e. The van der Waals surface area contributed by atoms with Crippen molar-refractivity contribution >= 4 is 52.4 Å². The van der Waals surface area contributed by atoms with Crippen LogP contribution in [0.4, 0.5) is 35.0 Å². The molecule has 64 heavy (non-hydrogen) atoms. The predicted molar refractivity (Wildman–Crippen MR) is 230 cm³/mol. The van der Waals surface area contributed by atoms with Gasteiger partial charge < -0.3 is 35.8 Å². The van der Waals surface area contributed by atoms with E-state index in [1.165, 1.54) is 6.20 Å². The van der Waals surface area contributed by atoms with Gasteiger partial charge in [0.1, 0.15) is 29.1 Å². The summed E-state index contributed by atoms with van der Waals surface area (Å²) in [5.74, 6) is -1.63. The standard InChI is InChI=1S/C44H51F4N11O5/c1-43(51-14-13-36(63)56(2)16-15-49-33-6-4-5-25(22-60)31(33)21-57(3)34-11-12-35(62)53-41(34)64)23-59(24-43)42-54-39-30(40(55-42)58-19-26-7-8-27(20-58)52-26)18-50-38(37(39)45)29-17-28(61)9-10-32(29)44(46,47)48/h4-6,9-10,17-18,22,26-27,34,49,51-52,61H,7-8,11-16,19-21,23-24H2,1-3H3,(H,53,62,64). The number of likely N-dealkylation sites (N-methyl/N-ethyl adjacent to an activating group) is 2. The van der Waals surface area contributed by atoms with Gasteiger partial charge in [-0.15, -0.1) is 0 Å². The fourth-order valence-electron chi connectivity index (χ4n) is 9.26. The summed E-state index contributed by atoms with van der Waals surface area (Å²) in [6.07, 6.45) is 0.000888. The van der Waals surface area contributed by atoms with Gasteiger partial charge in [-0.3, -0.25) is 34.4 Å². The largest absolute Gasteiger partial charge is 0.508 e. The van der Waals surface area contributed by atoms with Crippen molar-refractivity contribution < 1.29 is 41.8 Å². The SMILES string of the molecule is CN(CCNc1cccc(C=O)c1CN(C)C1CCC(=O)NC1=O)C(=O)CCNC1(C)CN(c2nc(N3CC4CCC(C3)N4)c3cnc(-c4cc(O)ccc4C(F)(F)F)c(F)c3n2)C1. The fourth-order valence-corrected chi connectivity index (χ4v) is 9.26. The number of carbonyl (C=O) groups is 4. The summed E-state index contributed by atoms with van der Waals surface area (Å²) in [6, 6.07) is 7.64. The van der Waals surface area contributed by atoms with Gasteiger partial charge >= 0.3 is 6.18 Å². The molecule has 2 bridgehead atoms. The Bertz CT molecular complexity index is 2450. The number of pyridine rings is 1. The summed E-state index contributed by atoms with van der Waals surface area (Å²) < 4.78 is 58.8. The molecular weight excluding hydrogens is 839 g/mol.